The van der Waals surface area contributed by atoms with Crippen molar-refractivity contribution in [3.63, 3.8) is 0 Å². The van der Waals surface area contributed by atoms with E-state index in [2.05, 4.69) is 10.6 Å². The molecular formula is C14H18ClN3O. The predicted molar refractivity (Wildman–Crippen MR) is 77.2 cm³/mol. The number of hydrogen-bond donors (Lipinski definition) is 2. The number of rotatable bonds is 4. The highest BCUT2D eigenvalue weighted by atomic mass is 35.5. The number of nitrogens with zero attached hydrogens (tertiary/aromatic N) is 1. The lowest BCUT2D eigenvalue weighted by Crippen LogP contribution is -2.37. The molecule has 0 unspecified atom stereocenters. The first-order chi connectivity index (χ1) is 8.81. The molecule has 0 atom stereocenters. The van der Waals surface area contributed by atoms with Crippen molar-refractivity contribution >= 4 is 23.2 Å². The van der Waals surface area contributed by atoms with Crippen LogP contribution in [-0.4, -0.2) is 18.0 Å². The van der Waals surface area contributed by atoms with Gasteiger partial charge in [-0.1, -0.05) is 11.6 Å². The fourth-order valence-corrected chi connectivity index (χ4v) is 1.62. The number of carbonyl (C=O) groups is 1. The van der Waals surface area contributed by atoms with Gasteiger partial charge in [-0.2, -0.15) is 5.26 Å². The summed E-state index contributed by atoms with van der Waals surface area (Å²) >= 11 is 5.82. The van der Waals surface area contributed by atoms with Crippen LogP contribution in [-0.2, 0) is 4.79 Å². The normalized spacial score (nSPS) is 10.9. The van der Waals surface area contributed by atoms with Crippen molar-refractivity contribution in [2.24, 2.45) is 0 Å². The number of nitriles is 1. The summed E-state index contributed by atoms with van der Waals surface area (Å²) < 4.78 is 0. The van der Waals surface area contributed by atoms with Crippen LogP contribution in [0.3, 0.4) is 0 Å². The molecule has 0 aliphatic heterocycles. The Bertz CT molecular complexity index is 500. The average molecular weight is 280 g/mol. The zero-order valence-corrected chi connectivity index (χ0v) is 12.1. The van der Waals surface area contributed by atoms with Crippen molar-refractivity contribution in [2.75, 3.05) is 11.9 Å². The lowest BCUT2D eigenvalue weighted by molar-refractivity contribution is -0.116. The van der Waals surface area contributed by atoms with Crippen molar-refractivity contribution in [3.05, 3.63) is 28.8 Å². The molecule has 4 nitrogen and oxygen atoms in total. The molecule has 1 aromatic carbocycles. The van der Waals surface area contributed by atoms with Crippen LogP contribution in [0.15, 0.2) is 18.2 Å². The van der Waals surface area contributed by atoms with Gasteiger partial charge in [-0.3, -0.25) is 4.79 Å². The minimum atomic E-state index is -0.0945. The SMILES string of the molecule is CC(C)(C)NCCC(=O)Nc1ccc(Cl)c(C#N)c1. The van der Waals surface area contributed by atoms with Crippen molar-refractivity contribution in [2.45, 2.75) is 32.7 Å². The van der Waals surface area contributed by atoms with E-state index >= 15 is 0 Å². The maximum Gasteiger partial charge on any atom is 0.225 e. The molecule has 1 amide bonds. The first-order valence-electron chi connectivity index (χ1n) is 6.06. The maximum absolute atomic E-state index is 11.7. The highest BCUT2D eigenvalue weighted by Gasteiger charge is 2.10. The second-order valence-corrected chi connectivity index (χ2v) is 5.69. The quantitative estimate of drug-likeness (QED) is 0.891. The Hall–Kier alpha value is -1.57. The second-order valence-electron chi connectivity index (χ2n) is 5.28. The Labute approximate surface area is 118 Å². The van der Waals surface area contributed by atoms with E-state index in [-0.39, 0.29) is 11.4 Å². The van der Waals surface area contributed by atoms with Gasteiger partial charge in [-0.15, -0.1) is 0 Å². The van der Waals surface area contributed by atoms with Gasteiger partial charge in [0.2, 0.25) is 5.91 Å². The van der Waals surface area contributed by atoms with Crippen LogP contribution in [0.4, 0.5) is 5.69 Å². The van der Waals surface area contributed by atoms with Crippen molar-refractivity contribution < 1.29 is 4.79 Å². The molecule has 0 radical (unpaired) electrons. The van der Waals surface area contributed by atoms with Crippen molar-refractivity contribution in [3.8, 4) is 6.07 Å². The van der Waals surface area contributed by atoms with Crippen LogP contribution in [0, 0.1) is 11.3 Å². The number of anilines is 1. The van der Waals surface area contributed by atoms with Gasteiger partial charge in [-0.25, -0.2) is 0 Å². The summed E-state index contributed by atoms with van der Waals surface area (Å²) in [7, 11) is 0. The summed E-state index contributed by atoms with van der Waals surface area (Å²) in [6.45, 7) is 6.74. The minimum Gasteiger partial charge on any atom is -0.326 e. The summed E-state index contributed by atoms with van der Waals surface area (Å²) in [4.78, 5) is 11.7. The lowest BCUT2D eigenvalue weighted by Gasteiger charge is -2.20. The van der Waals surface area contributed by atoms with Crippen LogP contribution in [0.1, 0.15) is 32.8 Å². The third-order valence-electron chi connectivity index (χ3n) is 2.38. The molecule has 0 saturated carbocycles. The number of benzene rings is 1. The molecule has 5 heteroatoms. The van der Waals surface area contributed by atoms with Gasteiger partial charge in [0, 0.05) is 24.2 Å². The van der Waals surface area contributed by atoms with Gasteiger partial charge in [0.15, 0.2) is 0 Å². The third kappa shape index (κ3) is 5.73. The van der Waals surface area contributed by atoms with Crippen LogP contribution in [0.5, 0.6) is 0 Å². The molecule has 0 aliphatic carbocycles. The number of amides is 1. The summed E-state index contributed by atoms with van der Waals surface area (Å²) in [6, 6.07) is 6.82. The van der Waals surface area contributed by atoms with Crippen LogP contribution >= 0.6 is 11.6 Å². The second kappa shape index (κ2) is 6.55. The van der Waals surface area contributed by atoms with Crippen molar-refractivity contribution in [1.29, 1.82) is 5.26 Å². The van der Waals surface area contributed by atoms with E-state index in [1.54, 1.807) is 18.2 Å². The van der Waals surface area contributed by atoms with Gasteiger partial charge in [0.05, 0.1) is 10.6 Å². The van der Waals surface area contributed by atoms with Gasteiger partial charge >= 0.3 is 0 Å². The highest BCUT2D eigenvalue weighted by molar-refractivity contribution is 6.31. The monoisotopic (exact) mass is 279 g/mol. The number of carbonyl (C=O) groups excluding carboxylic acids is 1. The molecule has 2 N–H and O–H groups in total. The van der Waals surface area contributed by atoms with E-state index in [4.69, 9.17) is 16.9 Å². The van der Waals surface area contributed by atoms with Crippen molar-refractivity contribution in [1.82, 2.24) is 5.32 Å². The molecule has 0 heterocycles. The molecule has 0 saturated heterocycles. The van der Waals surface area contributed by atoms with E-state index in [0.717, 1.165) is 0 Å². The summed E-state index contributed by atoms with van der Waals surface area (Å²) in [6.07, 6.45) is 0.377. The van der Waals surface area contributed by atoms with Crippen LogP contribution < -0.4 is 10.6 Å². The molecule has 1 aromatic rings. The third-order valence-corrected chi connectivity index (χ3v) is 2.71. The largest absolute Gasteiger partial charge is 0.326 e. The fourth-order valence-electron chi connectivity index (χ4n) is 1.46. The first kappa shape index (κ1) is 15.5. The molecular weight excluding hydrogens is 262 g/mol. The molecule has 19 heavy (non-hydrogen) atoms. The van der Waals surface area contributed by atoms with E-state index in [1.165, 1.54) is 0 Å². The predicted octanol–water partition coefficient (Wildman–Crippen LogP) is 2.93. The van der Waals surface area contributed by atoms with E-state index in [0.29, 0.717) is 29.2 Å². The molecule has 0 bridgehead atoms. The van der Waals surface area contributed by atoms with Gasteiger partial charge in [0.1, 0.15) is 6.07 Å². The Kier molecular flexibility index (Phi) is 5.34. The Balaban J connectivity index is 2.51. The maximum atomic E-state index is 11.7. The van der Waals surface area contributed by atoms with E-state index < -0.39 is 0 Å². The first-order valence-corrected chi connectivity index (χ1v) is 6.44. The highest BCUT2D eigenvalue weighted by Crippen LogP contribution is 2.19. The zero-order valence-electron chi connectivity index (χ0n) is 11.4. The number of hydrogen-bond acceptors (Lipinski definition) is 3. The standard InChI is InChI=1S/C14H18ClN3O/c1-14(2,3)17-7-6-13(19)18-11-4-5-12(15)10(8-11)9-16/h4-5,8,17H,6-7H2,1-3H3,(H,18,19). The molecule has 0 aromatic heterocycles. The Morgan fingerprint density at radius 2 is 2.11 bits per heavy atom. The summed E-state index contributed by atoms with van der Waals surface area (Å²) in [5.74, 6) is -0.0945. The summed E-state index contributed by atoms with van der Waals surface area (Å²) in [5, 5.41) is 15.2. The topological polar surface area (TPSA) is 64.9 Å². The van der Waals surface area contributed by atoms with Crippen LogP contribution in [0.2, 0.25) is 5.02 Å². The van der Waals surface area contributed by atoms with Gasteiger partial charge in [0.25, 0.3) is 0 Å². The molecule has 0 fully saturated rings. The van der Waals surface area contributed by atoms with Gasteiger partial charge in [-0.05, 0) is 39.0 Å². The minimum absolute atomic E-state index is 0.00543. The molecule has 0 spiro atoms. The Morgan fingerprint density at radius 1 is 1.42 bits per heavy atom. The smallest absolute Gasteiger partial charge is 0.225 e. The van der Waals surface area contributed by atoms with Crippen LogP contribution in [0.25, 0.3) is 0 Å². The molecule has 102 valence electrons. The lowest BCUT2D eigenvalue weighted by atomic mass is 10.1. The fraction of sp³-hybridized carbons (Fsp3) is 0.429. The zero-order chi connectivity index (χ0) is 14.5. The molecule has 0 aliphatic rings. The van der Waals surface area contributed by atoms with E-state index in [9.17, 15) is 4.79 Å². The van der Waals surface area contributed by atoms with E-state index in [1.807, 2.05) is 26.8 Å². The van der Waals surface area contributed by atoms with Gasteiger partial charge < -0.3 is 10.6 Å². The summed E-state index contributed by atoms with van der Waals surface area (Å²) in [5.41, 5.74) is 0.933. The number of nitrogens with one attached hydrogen (secondary N) is 2. The average Bonchev–Trinajstić information content (AvgIpc) is 2.30. The molecule has 1 rings (SSSR count). The number of halogens is 1. The Morgan fingerprint density at radius 3 is 2.68 bits per heavy atom.